The Kier molecular flexibility index (Phi) is 5.16. The second-order valence-corrected chi connectivity index (χ2v) is 6.94. The van der Waals surface area contributed by atoms with E-state index in [4.69, 9.17) is 4.42 Å². The van der Waals surface area contributed by atoms with E-state index in [1.807, 2.05) is 50.4 Å². The van der Waals surface area contributed by atoms with Gasteiger partial charge < -0.3 is 9.32 Å². The van der Waals surface area contributed by atoms with Crippen LogP contribution in [0.1, 0.15) is 29.8 Å². The van der Waals surface area contributed by atoms with Crippen LogP contribution >= 0.6 is 0 Å². The summed E-state index contributed by atoms with van der Waals surface area (Å²) in [6.45, 7) is 6.93. The van der Waals surface area contributed by atoms with E-state index >= 15 is 0 Å². The maximum absolute atomic E-state index is 12.4. The average Bonchev–Trinajstić information content (AvgIpc) is 3.11. The number of rotatable bonds is 5. The molecule has 134 valence electrons. The van der Waals surface area contributed by atoms with Crippen LogP contribution in [0.3, 0.4) is 0 Å². The van der Waals surface area contributed by atoms with Crippen LogP contribution in [-0.2, 0) is 0 Å². The topological polar surface area (TPSA) is 59.2 Å². The molecule has 2 aromatic carbocycles. The summed E-state index contributed by atoms with van der Waals surface area (Å²) in [5.74, 6) is 1.37. The monoisotopic (exact) mass is 349 g/mol. The van der Waals surface area contributed by atoms with Crippen LogP contribution in [-0.4, -0.2) is 34.6 Å². The van der Waals surface area contributed by atoms with Crippen molar-refractivity contribution in [3.05, 3.63) is 59.7 Å². The van der Waals surface area contributed by atoms with Crippen molar-refractivity contribution in [2.45, 2.75) is 20.8 Å². The number of hydrogen-bond donors (Lipinski definition) is 0. The minimum atomic E-state index is 0.0104. The molecule has 0 saturated carbocycles. The normalized spacial score (nSPS) is 11.0. The minimum absolute atomic E-state index is 0.0104. The Balaban J connectivity index is 1.78. The molecule has 0 saturated heterocycles. The predicted molar refractivity (Wildman–Crippen MR) is 102 cm³/mol. The Morgan fingerprint density at radius 1 is 1.04 bits per heavy atom. The first kappa shape index (κ1) is 17.9. The van der Waals surface area contributed by atoms with Crippen molar-refractivity contribution in [3.63, 3.8) is 0 Å². The Labute approximate surface area is 153 Å². The maximum Gasteiger partial charge on any atom is 0.253 e. The Hall–Kier alpha value is -2.95. The lowest BCUT2D eigenvalue weighted by molar-refractivity contribution is 0.0779. The van der Waals surface area contributed by atoms with Crippen LogP contribution in [0, 0.1) is 12.8 Å². The number of aryl methyl sites for hydroxylation is 1. The SMILES string of the molecule is Cc1cccc(-c2nnc(-c3ccc(C(=O)N(C)CC(C)C)cc3)o2)c1. The molecule has 0 N–H and O–H groups in total. The summed E-state index contributed by atoms with van der Waals surface area (Å²) in [6.07, 6.45) is 0. The molecule has 0 aliphatic heterocycles. The van der Waals surface area contributed by atoms with Crippen LogP contribution in [0.5, 0.6) is 0 Å². The van der Waals surface area contributed by atoms with E-state index in [0.29, 0.717) is 23.3 Å². The summed E-state index contributed by atoms with van der Waals surface area (Å²) in [7, 11) is 1.82. The van der Waals surface area contributed by atoms with Gasteiger partial charge in [-0.15, -0.1) is 10.2 Å². The van der Waals surface area contributed by atoms with Crippen molar-refractivity contribution in [2.24, 2.45) is 5.92 Å². The van der Waals surface area contributed by atoms with Gasteiger partial charge in [0.1, 0.15) is 0 Å². The van der Waals surface area contributed by atoms with Gasteiger partial charge in [-0.1, -0.05) is 31.5 Å². The molecule has 0 aliphatic carbocycles. The molecule has 3 rings (SSSR count). The van der Waals surface area contributed by atoms with Crippen molar-refractivity contribution in [2.75, 3.05) is 13.6 Å². The van der Waals surface area contributed by atoms with Gasteiger partial charge in [-0.2, -0.15) is 0 Å². The van der Waals surface area contributed by atoms with Gasteiger partial charge in [-0.25, -0.2) is 0 Å². The summed E-state index contributed by atoms with van der Waals surface area (Å²) in [6, 6.07) is 15.2. The molecule has 0 fully saturated rings. The van der Waals surface area contributed by atoms with Gasteiger partial charge in [-0.3, -0.25) is 4.79 Å². The van der Waals surface area contributed by atoms with Crippen molar-refractivity contribution in [1.82, 2.24) is 15.1 Å². The van der Waals surface area contributed by atoms with Gasteiger partial charge >= 0.3 is 0 Å². The number of benzene rings is 2. The zero-order valence-electron chi connectivity index (χ0n) is 15.6. The van der Waals surface area contributed by atoms with Gasteiger partial charge in [0, 0.05) is 30.3 Å². The van der Waals surface area contributed by atoms with Crippen LogP contribution in [0.2, 0.25) is 0 Å². The first-order valence-electron chi connectivity index (χ1n) is 8.70. The molecule has 0 aliphatic rings. The molecule has 0 radical (unpaired) electrons. The first-order chi connectivity index (χ1) is 12.4. The number of amides is 1. The lowest BCUT2D eigenvalue weighted by Crippen LogP contribution is -2.30. The van der Waals surface area contributed by atoms with Crippen molar-refractivity contribution >= 4 is 5.91 Å². The van der Waals surface area contributed by atoms with Gasteiger partial charge in [0.05, 0.1) is 0 Å². The highest BCUT2D eigenvalue weighted by Gasteiger charge is 2.15. The van der Waals surface area contributed by atoms with E-state index in [1.54, 1.807) is 17.0 Å². The highest BCUT2D eigenvalue weighted by molar-refractivity contribution is 5.94. The Morgan fingerprint density at radius 2 is 1.69 bits per heavy atom. The van der Waals surface area contributed by atoms with Crippen molar-refractivity contribution in [3.8, 4) is 22.9 Å². The Morgan fingerprint density at radius 3 is 2.31 bits per heavy atom. The van der Waals surface area contributed by atoms with E-state index in [2.05, 4.69) is 24.0 Å². The molecular formula is C21H23N3O2. The second-order valence-electron chi connectivity index (χ2n) is 6.94. The zero-order chi connectivity index (χ0) is 18.7. The van der Waals surface area contributed by atoms with Gasteiger partial charge in [0.15, 0.2) is 0 Å². The lowest BCUT2D eigenvalue weighted by atomic mass is 10.1. The highest BCUT2D eigenvalue weighted by Crippen LogP contribution is 2.24. The molecule has 26 heavy (non-hydrogen) atoms. The fourth-order valence-corrected chi connectivity index (χ4v) is 2.84. The fourth-order valence-electron chi connectivity index (χ4n) is 2.84. The van der Waals surface area contributed by atoms with Crippen LogP contribution in [0.25, 0.3) is 22.9 Å². The molecule has 1 aromatic heterocycles. The summed E-state index contributed by atoms with van der Waals surface area (Å²) >= 11 is 0. The quantitative estimate of drug-likeness (QED) is 0.683. The number of aromatic nitrogens is 2. The molecular weight excluding hydrogens is 326 g/mol. The van der Waals surface area contributed by atoms with Gasteiger partial charge in [0.25, 0.3) is 5.91 Å². The molecule has 0 atom stereocenters. The van der Waals surface area contributed by atoms with Crippen molar-refractivity contribution in [1.29, 1.82) is 0 Å². The third-order valence-electron chi connectivity index (χ3n) is 4.05. The van der Waals surface area contributed by atoms with Gasteiger partial charge in [-0.05, 0) is 49.2 Å². The second kappa shape index (κ2) is 7.52. The first-order valence-corrected chi connectivity index (χ1v) is 8.70. The highest BCUT2D eigenvalue weighted by atomic mass is 16.4. The third kappa shape index (κ3) is 3.99. The van der Waals surface area contributed by atoms with E-state index < -0.39 is 0 Å². The number of carbonyl (C=O) groups is 1. The smallest absolute Gasteiger partial charge is 0.253 e. The van der Waals surface area contributed by atoms with Crippen molar-refractivity contribution < 1.29 is 9.21 Å². The minimum Gasteiger partial charge on any atom is -0.416 e. The summed E-state index contributed by atoms with van der Waals surface area (Å²) < 4.78 is 5.79. The number of carbonyl (C=O) groups excluding carboxylic acids is 1. The van der Waals surface area contributed by atoms with E-state index in [9.17, 15) is 4.79 Å². The van der Waals surface area contributed by atoms with E-state index in [1.165, 1.54) is 0 Å². The molecule has 0 unspecified atom stereocenters. The standard InChI is InChI=1S/C21H23N3O2/c1-14(2)13-24(4)21(25)17-10-8-16(9-11-17)19-22-23-20(26-19)18-7-5-6-15(3)12-18/h5-12,14H,13H2,1-4H3. The molecule has 1 heterocycles. The van der Waals surface area contributed by atoms with E-state index in [-0.39, 0.29) is 5.91 Å². The fraction of sp³-hybridized carbons (Fsp3) is 0.286. The molecule has 5 heteroatoms. The maximum atomic E-state index is 12.4. The van der Waals surface area contributed by atoms with Crippen LogP contribution in [0.4, 0.5) is 0 Å². The third-order valence-corrected chi connectivity index (χ3v) is 4.05. The van der Waals surface area contributed by atoms with Crippen LogP contribution in [0.15, 0.2) is 52.9 Å². The molecule has 5 nitrogen and oxygen atoms in total. The molecule has 1 amide bonds. The Bertz CT molecular complexity index is 898. The molecule has 0 spiro atoms. The van der Waals surface area contributed by atoms with Crippen LogP contribution < -0.4 is 0 Å². The predicted octanol–water partition coefficient (Wildman–Crippen LogP) is 4.44. The summed E-state index contributed by atoms with van der Waals surface area (Å²) in [5.41, 5.74) is 3.47. The largest absolute Gasteiger partial charge is 0.416 e. The number of hydrogen-bond acceptors (Lipinski definition) is 4. The molecule has 3 aromatic rings. The van der Waals surface area contributed by atoms with Gasteiger partial charge in [0.2, 0.25) is 11.8 Å². The zero-order valence-corrected chi connectivity index (χ0v) is 15.6. The number of nitrogens with zero attached hydrogens (tertiary/aromatic N) is 3. The van der Waals surface area contributed by atoms with E-state index in [0.717, 1.165) is 23.2 Å². The summed E-state index contributed by atoms with van der Waals surface area (Å²) in [4.78, 5) is 14.2. The average molecular weight is 349 g/mol. The lowest BCUT2D eigenvalue weighted by Gasteiger charge is -2.19. The molecule has 0 bridgehead atoms. The summed E-state index contributed by atoms with van der Waals surface area (Å²) in [5, 5.41) is 8.26.